The summed E-state index contributed by atoms with van der Waals surface area (Å²) < 4.78 is 7.86. The number of nitrogens with zero attached hydrogens (tertiary/aromatic N) is 8. The average Bonchev–Trinajstić information content (AvgIpc) is 4.10. The Morgan fingerprint density at radius 2 is 1.64 bits per heavy atom. The number of ether oxygens (including phenoxy) is 1. The number of aliphatic hydroxyl groups is 1. The minimum atomic E-state index is -0.965. The van der Waals surface area contributed by atoms with Gasteiger partial charge in [0.1, 0.15) is 35.6 Å². The minimum Gasteiger partial charge on any atom is -0.391 e. The first-order valence-electron chi connectivity index (χ1n) is 23.9. The Hall–Kier alpha value is -5.37. The molecule has 372 valence electrons. The molecular weight excluding hydrogens is 948 g/mol. The van der Waals surface area contributed by atoms with Gasteiger partial charge < -0.3 is 30.3 Å². The fourth-order valence-corrected chi connectivity index (χ4v) is 11.6. The second-order valence-electron chi connectivity index (χ2n) is 19.6. The van der Waals surface area contributed by atoms with Crippen molar-refractivity contribution in [3.05, 3.63) is 104 Å². The van der Waals surface area contributed by atoms with E-state index in [9.17, 15) is 24.3 Å². The summed E-state index contributed by atoms with van der Waals surface area (Å²) in [5.41, 5.74) is 7.92. The monoisotopic (exact) mass is 1010 g/mol. The molecule has 0 radical (unpaired) electrons. The number of likely N-dealkylation sites (tertiary alicyclic amines) is 1. The molecule has 19 heteroatoms. The van der Waals surface area contributed by atoms with Gasteiger partial charge in [-0.2, -0.15) is 0 Å². The number of hydrogen-bond acceptors (Lipinski definition) is 13. The van der Waals surface area contributed by atoms with Crippen LogP contribution in [-0.2, 0) is 23.9 Å². The van der Waals surface area contributed by atoms with Crippen LogP contribution < -0.4 is 10.6 Å². The molecule has 3 aromatic heterocycles. The standard InChI is InChI=1S/C51H63ClN10O6S2/c1-29-32(4)70-50-43(29)44(35-14-16-37(52)17-15-35)55-39(47-58-57-33(5)62(47)50)25-42(65)60-21-19-59(20-22-60)18-9-23-68-27-41(64)56-46(51(6,7)8)49(67)61-26-38(63)24-40(61)48(66)54-30(2)34-10-12-36(13-11-34)45-31(3)53-28-69-45/h10-17,28,30,38-40,46,63H,9,18-27H2,1-8H3,(H,54,66)(H,56,64)/t30-,38+,39-,40-,46+/m0/s1. The molecular formula is C51H63ClN10O6S2. The summed E-state index contributed by atoms with van der Waals surface area (Å²) >= 11 is 9.53. The van der Waals surface area contributed by atoms with Gasteiger partial charge in [-0.25, -0.2) is 4.98 Å². The van der Waals surface area contributed by atoms with E-state index in [2.05, 4.69) is 49.1 Å². The molecule has 5 atom stereocenters. The number of carbonyl (C=O) groups excluding carboxylic acids is 4. The van der Waals surface area contributed by atoms with E-state index in [1.165, 1.54) is 9.78 Å². The molecule has 0 unspecified atom stereocenters. The first-order valence-corrected chi connectivity index (χ1v) is 26.0. The van der Waals surface area contributed by atoms with Gasteiger partial charge in [0.15, 0.2) is 5.82 Å². The van der Waals surface area contributed by atoms with Gasteiger partial charge in [-0.1, -0.05) is 68.8 Å². The lowest BCUT2D eigenvalue weighted by Gasteiger charge is -2.35. The number of aliphatic imine (C=N–C) groups is 1. The molecule has 5 aromatic rings. The number of amides is 4. The molecule has 3 N–H and O–H groups in total. The highest BCUT2D eigenvalue weighted by atomic mass is 35.5. The maximum Gasteiger partial charge on any atom is 0.246 e. The zero-order valence-electron chi connectivity index (χ0n) is 41.1. The van der Waals surface area contributed by atoms with Gasteiger partial charge in [0.05, 0.1) is 40.4 Å². The molecule has 70 heavy (non-hydrogen) atoms. The molecule has 0 bridgehead atoms. The van der Waals surface area contributed by atoms with Crippen molar-refractivity contribution in [2.24, 2.45) is 10.4 Å². The second-order valence-corrected chi connectivity index (χ2v) is 22.1. The van der Waals surface area contributed by atoms with E-state index in [-0.39, 0.29) is 43.8 Å². The van der Waals surface area contributed by atoms with Crippen LogP contribution in [0.2, 0.25) is 5.02 Å². The lowest BCUT2D eigenvalue weighted by Crippen LogP contribution is -2.58. The molecule has 8 rings (SSSR count). The molecule has 6 heterocycles. The second kappa shape index (κ2) is 21.5. The predicted molar refractivity (Wildman–Crippen MR) is 273 cm³/mol. The Bertz CT molecular complexity index is 2740. The molecule has 2 aromatic carbocycles. The summed E-state index contributed by atoms with van der Waals surface area (Å²) in [7, 11) is 0. The van der Waals surface area contributed by atoms with Crippen LogP contribution in [-0.4, -0.2) is 140 Å². The number of aryl methyl sites for hydroxylation is 3. The Morgan fingerprint density at radius 1 is 0.943 bits per heavy atom. The van der Waals surface area contributed by atoms with E-state index < -0.39 is 41.5 Å². The molecule has 2 fully saturated rings. The zero-order chi connectivity index (χ0) is 50.0. The van der Waals surface area contributed by atoms with Crippen molar-refractivity contribution in [1.82, 2.24) is 45.1 Å². The van der Waals surface area contributed by atoms with Crippen LogP contribution in [0, 0.1) is 33.1 Å². The van der Waals surface area contributed by atoms with E-state index in [0.29, 0.717) is 50.1 Å². The number of nitrogens with one attached hydrogen (secondary N) is 2. The van der Waals surface area contributed by atoms with Crippen molar-refractivity contribution in [3.8, 4) is 15.4 Å². The van der Waals surface area contributed by atoms with Crippen LogP contribution in [0.5, 0.6) is 0 Å². The van der Waals surface area contributed by atoms with Crippen LogP contribution in [0.15, 0.2) is 59.0 Å². The third-order valence-electron chi connectivity index (χ3n) is 13.5. The fraction of sp³-hybridized carbons (Fsp3) is 0.490. The summed E-state index contributed by atoms with van der Waals surface area (Å²) in [5.74, 6) is 0.152. The molecule has 3 aliphatic rings. The van der Waals surface area contributed by atoms with Gasteiger partial charge in [-0.3, -0.25) is 33.6 Å². The van der Waals surface area contributed by atoms with Gasteiger partial charge in [0.25, 0.3) is 0 Å². The third kappa shape index (κ3) is 11.2. The summed E-state index contributed by atoms with van der Waals surface area (Å²) in [5, 5.41) is 27.2. The Labute approximate surface area is 422 Å². The number of halogens is 1. The van der Waals surface area contributed by atoms with Crippen LogP contribution in [0.3, 0.4) is 0 Å². The highest BCUT2D eigenvalue weighted by molar-refractivity contribution is 7.15. The maximum absolute atomic E-state index is 14.2. The lowest BCUT2D eigenvalue weighted by molar-refractivity contribution is -0.144. The Kier molecular flexibility index (Phi) is 15.7. The Balaban J connectivity index is 0.797. The number of thiazole rings is 1. The van der Waals surface area contributed by atoms with Crippen molar-refractivity contribution in [1.29, 1.82) is 0 Å². The van der Waals surface area contributed by atoms with Crippen LogP contribution in [0.1, 0.15) is 104 Å². The van der Waals surface area contributed by atoms with E-state index in [4.69, 9.17) is 21.3 Å². The topological polar surface area (TPSA) is 187 Å². The van der Waals surface area contributed by atoms with Crippen molar-refractivity contribution >= 4 is 63.6 Å². The molecule has 4 amide bonds. The number of carbonyl (C=O) groups is 4. The predicted octanol–water partition coefficient (Wildman–Crippen LogP) is 6.54. The lowest BCUT2D eigenvalue weighted by atomic mass is 9.85. The van der Waals surface area contributed by atoms with E-state index in [0.717, 1.165) is 61.5 Å². The first-order chi connectivity index (χ1) is 33.4. The summed E-state index contributed by atoms with van der Waals surface area (Å²) in [4.78, 5) is 72.6. The fourth-order valence-electron chi connectivity index (χ4n) is 9.42. The quantitative estimate of drug-likeness (QED) is 0.0973. The van der Waals surface area contributed by atoms with Gasteiger partial charge in [-0.15, -0.1) is 32.9 Å². The van der Waals surface area contributed by atoms with Crippen molar-refractivity contribution in [2.45, 2.75) is 105 Å². The minimum absolute atomic E-state index is 0.00477. The summed E-state index contributed by atoms with van der Waals surface area (Å²) in [6.07, 6.45) is 0.0339. The first kappa shape index (κ1) is 51.0. The number of rotatable bonds is 15. The number of aliphatic hydroxyl groups excluding tert-OH is 1. The number of β-amino-alcohol motifs (C(OH)–C–C–N with tert-alkyl or cyclic N) is 1. The van der Waals surface area contributed by atoms with Crippen LogP contribution >= 0.6 is 34.3 Å². The number of piperazine rings is 1. The molecule has 3 aliphatic heterocycles. The normalized spacial score (nSPS) is 19.2. The Morgan fingerprint density at radius 3 is 2.31 bits per heavy atom. The molecule has 2 saturated heterocycles. The maximum atomic E-state index is 14.2. The van der Waals surface area contributed by atoms with Crippen LogP contribution in [0.25, 0.3) is 15.4 Å². The van der Waals surface area contributed by atoms with Crippen molar-refractivity contribution in [2.75, 3.05) is 52.5 Å². The number of hydrogen-bond donors (Lipinski definition) is 3. The highest BCUT2D eigenvalue weighted by Gasteiger charge is 2.45. The van der Waals surface area contributed by atoms with E-state index in [1.54, 1.807) is 22.7 Å². The largest absolute Gasteiger partial charge is 0.391 e. The molecule has 16 nitrogen and oxygen atoms in total. The summed E-state index contributed by atoms with van der Waals surface area (Å²) in [6.45, 7) is 18.9. The van der Waals surface area contributed by atoms with Gasteiger partial charge in [-0.05, 0) is 75.3 Å². The molecule has 0 saturated carbocycles. The third-order valence-corrected chi connectivity index (χ3v) is 15.9. The number of aromatic nitrogens is 4. The van der Waals surface area contributed by atoms with Gasteiger partial charge in [0, 0.05) is 73.3 Å². The number of thiophene rings is 1. The highest BCUT2D eigenvalue weighted by Crippen LogP contribution is 2.40. The molecule has 0 spiro atoms. The summed E-state index contributed by atoms with van der Waals surface area (Å²) in [6, 6.07) is 12.8. The van der Waals surface area contributed by atoms with Gasteiger partial charge in [0.2, 0.25) is 23.6 Å². The smallest absolute Gasteiger partial charge is 0.246 e. The SMILES string of the molecule is Cc1ncsc1-c1ccc([C@H](C)NC(=O)[C@@H]2C[C@@H](O)CN2C(=O)[C@@H](NC(=O)COCCCN2CCN(C(=O)C[C@@H]3N=C(c4ccc(Cl)cc4)c4c(sc(C)c4C)-n4c(C)nnc43)CC2)C(C)(C)C)cc1. The average molecular weight is 1010 g/mol. The van der Waals surface area contributed by atoms with Crippen molar-refractivity contribution in [3.63, 3.8) is 0 Å². The van der Waals surface area contributed by atoms with E-state index >= 15 is 0 Å². The molecule has 0 aliphatic carbocycles. The van der Waals surface area contributed by atoms with Crippen LogP contribution in [0.4, 0.5) is 0 Å². The number of benzene rings is 2. The van der Waals surface area contributed by atoms with Crippen molar-refractivity contribution < 1.29 is 29.0 Å². The zero-order valence-corrected chi connectivity index (χ0v) is 43.5. The van der Waals surface area contributed by atoms with E-state index in [1.807, 2.05) is 100 Å². The van der Waals surface area contributed by atoms with Gasteiger partial charge >= 0.3 is 0 Å². The number of fused-ring (bicyclic) bond motifs is 3.